The maximum absolute atomic E-state index is 16.4. The van der Waals surface area contributed by atoms with E-state index in [9.17, 15) is 0 Å². The largest absolute Gasteiger partial charge is 0.446 e. The van der Waals surface area contributed by atoms with E-state index in [2.05, 4.69) is 36.4 Å². The molecule has 64 heavy (non-hydrogen) atoms. The van der Waals surface area contributed by atoms with Gasteiger partial charge in [-0.3, -0.25) is 9.59 Å². The lowest BCUT2D eigenvalue weighted by molar-refractivity contribution is -0.197. The second-order valence-corrected chi connectivity index (χ2v) is 18.1. The summed E-state index contributed by atoms with van der Waals surface area (Å²) in [6.07, 6.45) is -1.80. The first kappa shape index (κ1) is 42.7. The van der Waals surface area contributed by atoms with Crippen molar-refractivity contribution in [3.8, 4) is 0 Å². The first-order valence-corrected chi connectivity index (χ1v) is 22.2. The minimum absolute atomic E-state index is 0.0980. The summed E-state index contributed by atoms with van der Waals surface area (Å²) in [5.41, 5.74) is 0.309. The molecule has 0 unspecified atom stereocenters. The van der Waals surface area contributed by atoms with Crippen LogP contribution in [0.1, 0.15) is 79.5 Å². The number of hydrogen-bond donors (Lipinski definition) is 0. The molecule has 2 aliphatic heterocycles. The molecule has 2 saturated heterocycles. The maximum Gasteiger partial charge on any atom is 0.313 e. The molecule has 6 heteroatoms. The van der Waals surface area contributed by atoms with Crippen LogP contribution in [-0.2, 0) is 45.2 Å². The van der Waals surface area contributed by atoms with Gasteiger partial charge in [0.2, 0.25) is 0 Å². The average molecular weight is 847 g/mol. The standard InChI is InChI=1S/C58H54O6/c1-42-40-55(4,41-56(43-26-12-5-13-27-43,44-28-14-6-15-29-44)45-30-16-7-17-31-45)53(60)64-58(48-36-22-10-23-37-48,49-38-24-11-25-39-49)51-50(61-54(2,3)62-51)57(63-52(42)59,46-32-18-8-19-33-46)47-34-20-9-21-35-47/h5-39,42,50-51H,40-41H2,1-4H3/t42-,50+,51+,55+/m0/s1. The van der Waals surface area contributed by atoms with Gasteiger partial charge in [0.15, 0.2) is 17.0 Å². The summed E-state index contributed by atoms with van der Waals surface area (Å²) in [6, 6.07) is 70.1. The molecular weight excluding hydrogens is 793 g/mol. The quantitative estimate of drug-likeness (QED) is 0.106. The molecule has 0 spiro atoms. The number of rotatable bonds is 9. The summed E-state index contributed by atoms with van der Waals surface area (Å²) in [5.74, 6) is -2.99. The van der Waals surface area contributed by atoms with E-state index in [1.165, 1.54) is 0 Å². The molecule has 7 aromatic carbocycles. The molecule has 0 radical (unpaired) electrons. The highest BCUT2D eigenvalue weighted by Crippen LogP contribution is 2.57. The molecule has 2 aliphatic rings. The summed E-state index contributed by atoms with van der Waals surface area (Å²) >= 11 is 0. The predicted molar refractivity (Wildman–Crippen MR) is 249 cm³/mol. The molecule has 322 valence electrons. The van der Waals surface area contributed by atoms with Crippen LogP contribution in [-0.4, -0.2) is 29.9 Å². The minimum atomic E-state index is -1.65. The number of benzene rings is 7. The van der Waals surface area contributed by atoms with Crippen molar-refractivity contribution in [2.45, 2.75) is 75.1 Å². The number of carbonyl (C=O) groups is 2. The van der Waals surface area contributed by atoms with Crippen LogP contribution in [0.5, 0.6) is 0 Å². The number of esters is 2. The zero-order chi connectivity index (χ0) is 44.4. The van der Waals surface area contributed by atoms with Crippen LogP contribution in [0.2, 0.25) is 0 Å². The van der Waals surface area contributed by atoms with Crippen LogP contribution in [0, 0.1) is 11.3 Å². The van der Waals surface area contributed by atoms with Gasteiger partial charge in [0.05, 0.1) is 11.3 Å². The molecule has 7 aromatic rings. The molecule has 2 fully saturated rings. The van der Waals surface area contributed by atoms with Crippen molar-refractivity contribution in [1.29, 1.82) is 0 Å². The Bertz CT molecular complexity index is 2480. The Morgan fingerprint density at radius 1 is 0.453 bits per heavy atom. The van der Waals surface area contributed by atoms with E-state index >= 15 is 9.59 Å². The molecule has 0 bridgehead atoms. The third-order valence-corrected chi connectivity index (χ3v) is 13.3. The highest BCUT2D eigenvalue weighted by atomic mass is 16.8. The lowest BCUT2D eigenvalue weighted by Gasteiger charge is -2.47. The molecule has 0 N–H and O–H groups in total. The second kappa shape index (κ2) is 17.2. The van der Waals surface area contributed by atoms with Crippen molar-refractivity contribution >= 4 is 11.9 Å². The Kier molecular flexibility index (Phi) is 11.5. The van der Waals surface area contributed by atoms with E-state index in [0.29, 0.717) is 22.3 Å². The van der Waals surface area contributed by atoms with Crippen molar-refractivity contribution in [3.05, 3.63) is 251 Å². The fraction of sp³-hybridized carbons (Fsp3) is 0.241. The molecule has 2 heterocycles. The van der Waals surface area contributed by atoms with Crippen molar-refractivity contribution in [1.82, 2.24) is 0 Å². The molecule has 0 saturated carbocycles. The van der Waals surface area contributed by atoms with E-state index in [4.69, 9.17) is 18.9 Å². The Morgan fingerprint density at radius 2 is 0.750 bits per heavy atom. The summed E-state index contributed by atoms with van der Waals surface area (Å²) in [6.45, 7) is 7.53. The van der Waals surface area contributed by atoms with E-state index in [0.717, 1.165) is 16.7 Å². The zero-order valence-electron chi connectivity index (χ0n) is 36.8. The van der Waals surface area contributed by atoms with E-state index in [1.54, 1.807) is 0 Å². The second-order valence-electron chi connectivity index (χ2n) is 18.1. The van der Waals surface area contributed by atoms with Crippen LogP contribution >= 0.6 is 0 Å². The lowest BCUT2D eigenvalue weighted by Crippen LogP contribution is -2.58. The van der Waals surface area contributed by atoms with E-state index in [-0.39, 0.29) is 12.8 Å². The van der Waals surface area contributed by atoms with Crippen LogP contribution in [0.15, 0.2) is 212 Å². The first-order valence-electron chi connectivity index (χ1n) is 22.2. The molecule has 9 rings (SSSR count). The summed E-state index contributed by atoms with van der Waals surface area (Å²) in [5, 5.41) is 0. The molecule has 0 amide bonds. The van der Waals surface area contributed by atoms with Gasteiger partial charge < -0.3 is 18.9 Å². The van der Waals surface area contributed by atoms with Gasteiger partial charge in [-0.05, 0) is 50.3 Å². The Morgan fingerprint density at radius 3 is 1.08 bits per heavy atom. The zero-order valence-corrected chi connectivity index (χ0v) is 36.8. The van der Waals surface area contributed by atoms with Gasteiger partial charge in [-0.1, -0.05) is 219 Å². The van der Waals surface area contributed by atoms with Gasteiger partial charge in [-0.15, -0.1) is 0 Å². The van der Waals surface area contributed by atoms with Crippen molar-refractivity contribution in [2.24, 2.45) is 11.3 Å². The Labute approximate surface area is 376 Å². The van der Waals surface area contributed by atoms with Crippen molar-refractivity contribution < 1.29 is 28.5 Å². The number of hydrogen-bond acceptors (Lipinski definition) is 6. The van der Waals surface area contributed by atoms with Gasteiger partial charge >= 0.3 is 11.9 Å². The monoisotopic (exact) mass is 846 g/mol. The van der Waals surface area contributed by atoms with Crippen LogP contribution in [0.3, 0.4) is 0 Å². The van der Waals surface area contributed by atoms with Crippen LogP contribution in [0.4, 0.5) is 0 Å². The van der Waals surface area contributed by atoms with Crippen LogP contribution < -0.4 is 0 Å². The molecule has 6 nitrogen and oxygen atoms in total. The van der Waals surface area contributed by atoms with Gasteiger partial charge in [-0.2, -0.15) is 0 Å². The number of cyclic esters (lactones) is 2. The topological polar surface area (TPSA) is 71.1 Å². The van der Waals surface area contributed by atoms with Crippen molar-refractivity contribution in [3.63, 3.8) is 0 Å². The average Bonchev–Trinajstić information content (AvgIpc) is 3.68. The highest BCUT2D eigenvalue weighted by molar-refractivity contribution is 5.81. The maximum atomic E-state index is 16.4. The summed E-state index contributed by atoms with van der Waals surface area (Å²) in [7, 11) is 0. The third kappa shape index (κ3) is 7.44. The van der Waals surface area contributed by atoms with Crippen molar-refractivity contribution in [2.75, 3.05) is 0 Å². The number of fused-ring (bicyclic) bond motifs is 1. The predicted octanol–water partition coefficient (Wildman–Crippen LogP) is 12.0. The first-order chi connectivity index (χ1) is 31.0. The van der Waals surface area contributed by atoms with Gasteiger partial charge in [0.1, 0.15) is 12.2 Å². The molecular formula is C58H54O6. The number of carbonyl (C=O) groups excluding carboxylic acids is 2. The molecule has 0 aliphatic carbocycles. The Balaban J connectivity index is 1.37. The van der Waals surface area contributed by atoms with Gasteiger partial charge in [-0.25, -0.2) is 0 Å². The smallest absolute Gasteiger partial charge is 0.313 e. The highest BCUT2D eigenvalue weighted by Gasteiger charge is 2.66. The Hall–Kier alpha value is -6.60. The summed E-state index contributed by atoms with van der Waals surface area (Å²) in [4.78, 5) is 31.9. The number of ether oxygens (including phenoxy) is 4. The molecule has 0 aromatic heterocycles. The van der Waals surface area contributed by atoms with Gasteiger partial charge in [0, 0.05) is 27.7 Å². The fourth-order valence-electron chi connectivity index (χ4n) is 10.5. The minimum Gasteiger partial charge on any atom is -0.446 e. The van der Waals surface area contributed by atoms with E-state index in [1.807, 2.05) is 204 Å². The normalized spacial score (nSPS) is 22.8. The molecule has 4 atom stereocenters. The lowest BCUT2D eigenvalue weighted by atomic mass is 9.60. The van der Waals surface area contributed by atoms with Gasteiger partial charge in [0.25, 0.3) is 0 Å². The third-order valence-electron chi connectivity index (χ3n) is 13.3. The van der Waals surface area contributed by atoms with Crippen LogP contribution in [0.25, 0.3) is 0 Å². The SMILES string of the molecule is C[C@H]1C[C@](C)(CC(c2ccccc2)(c2ccccc2)c2ccccc2)C(=O)OC(c2ccccc2)(c2ccccc2)[C@@H]2OC(C)(C)O[C@H]2C(c2ccccc2)(c2ccccc2)OC1=O. The van der Waals surface area contributed by atoms with E-state index < -0.39 is 57.9 Å². The fourth-order valence-corrected chi connectivity index (χ4v) is 10.5. The summed E-state index contributed by atoms with van der Waals surface area (Å²) < 4.78 is 29.2.